The summed E-state index contributed by atoms with van der Waals surface area (Å²) in [7, 11) is -2.71. The molecule has 0 bridgehead atoms. The SMILES string of the molecule is CCOC(=O)CCC(=O)Nc1ccc(S(=O)(=O)NCC(=O)OC)cc1. The largest absolute Gasteiger partial charge is 0.468 e. The van der Waals surface area contributed by atoms with E-state index in [4.69, 9.17) is 4.74 Å². The van der Waals surface area contributed by atoms with Crippen LogP contribution < -0.4 is 10.0 Å². The minimum absolute atomic E-state index is 0.0381. The molecule has 0 atom stereocenters. The Morgan fingerprint density at radius 1 is 1.04 bits per heavy atom. The molecule has 25 heavy (non-hydrogen) atoms. The van der Waals surface area contributed by atoms with Gasteiger partial charge in [0.25, 0.3) is 0 Å². The highest BCUT2D eigenvalue weighted by molar-refractivity contribution is 7.89. The van der Waals surface area contributed by atoms with Crippen molar-refractivity contribution >= 4 is 33.6 Å². The summed E-state index contributed by atoms with van der Waals surface area (Å²) in [5.41, 5.74) is 0.376. The van der Waals surface area contributed by atoms with Crippen molar-refractivity contribution in [2.45, 2.75) is 24.7 Å². The Balaban J connectivity index is 2.59. The number of ether oxygens (including phenoxy) is 2. The van der Waals surface area contributed by atoms with Crippen molar-refractivity contribution in [1.82, 2.24) is 4.72 Å². The number of anilines is 1. The summed E-state index contributed by atoms with van der Waals surface area (Å²) in [4.78, 5) is 33.8. The molecule has 1 aromatic carbocycles. The second-order valence-electron chi connectivity index (χ2n) is 4.78. The molecule has 1 amide bonds. The summed E-state index contributed by atoms with van der Waals surface area (Å²) in [5, 5.41) is 2.54. The number of methoxy groups -OCH3 is 1. The van der Waals surface area contributed by atoms with Crippen molar-refractivity contribution in [1.29, 1.82) is 0 Å². The van der Waals surface area contributed by atoms with Gasteiger partial charge in [0.1, 0.15) is 6.54 Å². The fraction of sp³-hybridized carbons (Fsp3) is 0.400. The van der Waals surface area contributed by atoms with Gasteiger partial charge in [-0.15, -0.1) is 0 Å². The normalized spacial score (nSPS) is 10.8. The van der Waals surface area contributed by atoms with Crippen LogP contribution in [-0.2, 0) is 33.9 Å². The number of amides is 1. The Kier molecular flexibility index (Phi) is 8.02. The molecule has 0 aromatic heterocycles. The van der Waals surface area contributed by atoms with E-state index in [0.717, 1.165) is 7.11 Å². The first kappa shape index (κ1) is 20.6. The molecule has 2 N–H and O–H groups in total. The molecular weight excluding hydrogens is 352 g/mol. The summed E-state index contributed by atoms with van der Waals surface area (Å²) in [6.07, 6.45) is -0.0802. The lowest BCUT2D eigenvalue weighted by atomic mass is 10.2. The first-order valence-electron chi connectivity index (χ1n) is 7.40. The van der Waals surface area contributed by atoms with E-state index in [-0.39, 0.29) is 24.3 Å². The van der Waals surface area contributed by atoms with Crippen LogP contribution in [0.2, 0.25) is 0 Å². The molecule has 1 aromatic rings. The molecule has 0 heterocycles. The molecule has 0 unspecified atom stereocenters. The highest BCUT2D eigenvalue weighted by atomic mass is 32.2. The summed E-state index contributed by atoms with van der Waals surface area (Å²) >= 11 is 0. The van der Waals surface area contributed by atoms with E-state index in [1.165, 1.54) is 24.3 Å². The molecular formula is C15H20N2O7S. The molecule has 0 fully saturated rings. The maximum atomic E-state index is 12.0. The van der Waals surface area contributed by atoms with Gasteiger partial charge in [-0.25, -0.2) is 8.42 Å². The predicted molar refractivity (Wildman–Crippen MR) is 88.1 cm³/mol. The summed E-state index contributed by atoms with van der Waals surface area (Å²) in [6, 6.07) is 5.35. The monoisotopic (exact) mass is 372 g/mol. The molecule has 138 valence electrons. The van der Waals surface area contributed by atoms with Crippen molar-refractivity contribution in [2.75, 3.05) is 25.6 Å². The number of carbonyl (C=O) groups excluding carboxylic acids is 3. The van der Waals surface area contributed by atoms with E-state index < -0.39 is 34.4 Å². The third-order valence-corrected chi connectivity index (χ3v) is 4.36. The standard InChI is InChI=1S/C15H20N2O7S/c1-3-24-14(19)9-8-13(18)17-11-4-6-12(7-5-11)25(21,22)16-10-15(20)23-2/h4-7,16H,3,8-10H2,1-2H3,(H,17,18). The highest BCUT2D eigenvalue weighted by Crippen LogP contribution is 2.14. The summed E-state index contributed by atoms with van der Waals surface area (Å²) < 4.78 is 35.1. The van der Waals surface area contributed by atoms with Gasteiger partial charge >= 0.3 is 11.9 Å². The molecule has 0 aliphatic heterocycles. The minimum Gasteiger partial charge on any atom is -0.468 e. The maximum Gasteiger partial charge on any atom is 0.320 e. The zero-order valence-electron chi connectivity index (χ0n) is 13.9. The number of benzene rings is 1. The molecule has 0 spiro atoms. The Bertz CT molecular complexity index is 714. The number of esters is 2. The molecule has 0 saturated carbocycles. The number of hydrogen-bond acceptors (Lipinski definition) is 7. The van der Waals surface area contributed by atoms with Crippen molar-refractivity contribution in [3.8, 4) is 0 Å². The lowest BCUT2D eigenvalue weighted by molar-refractivity contribution is -0.144. The lowest BCUT2D eigenvalue weighted by Crippen LogP contribution is -2.30. The van der Waals surface area contributed by atoms with Crippen LogP contribution in [0.25, 0.3) is 0 Å². The number of carbonyl (C=O) groups is 3. The van der Waals surface area contributed by atoms with Crippen LogP contribution in [0.3, 0.4) is 0 Å². The molecule has 0 saturated heterocycles. The Morgan fingerprint density at radius 3 is 2.24 bits per heavy atom. The smallest absolute Gasteiger partial charge is 0.320 e. The van der Waals surface area contributed by atoms with Crippen LogP contribution in [0.1, 0.15) is 19.8 Å². The van der Waals surface area contributed by atoms with Gasteiger partial charge in [-0.3, -0.25) is 14.4 Å². The molecule has 9 nitrogen and oxygen atoms in total. The average Bonchev–Trinajstić information content (AvgIpc) is 2.58. The lowest BCUT2D eigenvalue weighted by Gasteiger charge is -2.08. The third kappa shape index (κ3) is 7.31. The molecule has 10 heteroatoms. The van der Waals surface area contributed by atoms with Crippen LogP contribution in [-0.4, -0.2) is 46.5 Å². The third-order valence-electron chi connectivity index (χ3n) is 2.94. The van der Waals surface area contributed by atoms with Crippen LogP contribution in [0.15, 0.2) is 29.2 Å². The minimum atomic E-state index is -3.86. The molecule has 0 aliphatic rings. The quantitative estimate of drug-likeness (QED) is 0.601. The number of hydrogen-bond donors (Lipinski definition) is 2. The van der Waals surface area contributed by atoms with Crippen molar-refractivity contribution < 1.29 is 32.3 Å². The van der Waals surface area contributed by atoms with Crippen LogP contribution >= 0.6 is 0 Å². The number of rotatable bonds is 9. The average molecular weight is 372 g/mol. The second-order valence-corrected chi connectivity index (χ2v) is 6.55. The zero-order valence-corrected chi connectivity index (χ0v) is 14.7. The first-order valence-corrected chi connectivity index (χ1v) is 8.88. The van der Waals surface area contributed by atoms with Crippen LogP contribution in [0.5, 0.6) is 0 Å². The van der Waals surface area contributed by atoms with Crippen molar-refractivity contribution in [2.24, 2.45) is 0 Å². The van der Waals surface area contributed by atoms with Gasteiger partial charge in [0.2, 0.25) is 15.9 Å². The van der Waals surface area contributed by atoms with E-state index in [9.17, 15) is 22.8 Å². The molecule has 1 rings (SSSR count). The Labute approximate surface area is 145 Å². The molecule has 0 aliphatic carbocycles. The van der Waals surface area contributed by atoms with Crippen molar-refractivity contribution in [3.05, 3.63) is 24.3 Å². The van der Waals surface area contributed by atoms with Gasteiger partial charge in [-0.05, 0) is 31.2 Å². The molecule has 0 radical (unpaired) electrons. The summed E-state index contributed by atoms with van der Waals surface area (Å²) in [6.45, 7) is 1.44. The highest BCUT2D eigenvalue weighted by Gasteiger charge is 2.16. The fourth-order valence-corrected chi connectivity index (χ4v) is 2.67. The van der Waals surface area contributed by atoms with Gasteiger partial charge in [0, 0.05) is 12.1 Å². The van der Waals surface area contributed by atoms with E-state index in [1.807, 2.05) is 0 Å². The van der Waals surface area contributed by atoms with Crippen molar-refractivity contribution in [3.63, 3.8) is 0 Å². The summed E-state index contributed by atoms with van der Waals surface area (Å²) in [5.74, 6) is -1.57. The number of nitrogens with one attached hydrogen (secondary N) is 2. The van der Waals surface area contributed by atoms with Gasteiger partial charge < -0.3 is 14.8 Å². The van der Waals surface area contributed by atoms with E-state index in [2.05, 4.69) is 14.8 Å². The van der Waals surface area contributed by atoms with Gasteiger partial charge in [-0.1, -0.05) is 0 Å². The Morgan fingerprint density at radius 2 is 1.68 bits per heavy atom. The topological polar surface area (TPSA) is 128 Å². The zero-order chi connectivity index (χ0) is 18.9. The van der Waals surface area contributed by atoms with E-state index >= 15 is 0 Å². The Hall–Kier alpha value is -2.46. The second kappa shape index (κ2) is 9.74. The van der Waals surface area contributed by atoms with E-state index in [0.29, 0.717) is 5.69 Å². The van der Waals surface area contributed by atoms with Crippen LogP contribution in [0, 0.1) is 0 Å². The first-order chi connectivity index (χ1) is 11.8. The van der Waals surface area contributed by atoms with Crippen LogP contribution in [0.4, 0.5) is 5.69 Å². The maximum absolute atomic E-state index is 12.0. The van der Waals surface area contributed by atoms with Gasteiger partial charge in [0.05, 0.1) is 25.0 Å². The van der Waals surface area contributed by atoms with E-state index in [1.54, 1.807) is 6.92 Å². The fourth-order valence-electron chi connectivity index (χ4n) is 1.70. The van der Waals surface area contributed by atoms with Gasteiger partial charge in [0.15, 0.2) is 0 Å². The van der Waals surface area contributed by atoms with Gasteiger partial charge in [-0.2, -0.15) is 4.72 Å². The predicted octanol–water partition coefficient (Wildman–Crippen LogP) is 0.420. The number of sulfonamides is 1.